The number of nitrogens with one attached hydrogen (secondary N) is 1. The fourth-order valence-corrected chi connectivity index (χ4v) is 6.88. The summed E-state index contributed by atoms with van der Waals surface area (Å²) in [5.41, 5.74) is 3.24. The fraction of sp³-hybridized carbons (Fsp3) is 0.390. The quantitative estimate of drug-likeness (QED) is 0.118. The third-order valence-corrected chi connectivity index (χ3v) is 10.1. The second-order valence-electron chi connectivity index (χ2n) is 14.9. The van der Waals surface area contributed by atoms with Crippen LogP contribution in [0.15, 0.2) is 84.4 Å². The number of rotatable bonds is 11. The summed E-state index contributed by atoms with van der Waals surface area (Å²) in [4.78, 5) is 48.3. The Morgan fingerprint density at radius 1 is 1.08 bits per heavy atom. The summed E-state index contributed by atoms with van der Waals surface area (Å²) in [7, 11) is 0. The number of halogens is 1. The van der Waals surface area contributed by atoms with Crippen molar-refractivity contribution >= 4 is 46.5 Å². The van der Waals surface area contributed by atoms with Crippen molar-refractivity contribution in [3.05, 3.63) is 106 Å². The van der Waals surface area contributed by atoms with Gasteiger partial charge in [-0.3, -0.25) is 19.8 Å². The SMILES string of the molecule is CC(C)C=C(C#N)C(=O)N1CCCC1Cn1c(NC(=O)c2ccc(Cl)cc2)nc2cc(C(Cc3ccccc3)N(C(=O)O)[C@@H](C)C(C)(C)C)ccc21. The van der Waals surface area contributed by atoms with E-state index in [4.69, 9.17) is 16.6 Å². The van der Waals surface area contributed by atoms with Gasteiger partial charge in [0.15, 0.2) is 0 Å². The van der Waals surface area contributed by atoms with Crippen molar-refractivity contribution in [2.75, 3.05) is 11.9 Å². The van der Waals surface area contributed by atoms with Crippen molar-refractivity contribution in [1.29, 1.82) is 5.26 Å². The number of allylic oxidation sites excluding steroid dienone is 1. The molecule has 1 fully saturated rings. The minimum Gasteiger partial charge on any atom is -0.465 e. The summed E-state index contributed by atoms with van der Waals surface area (Å²) in [6.45, 7) is 12.7. The number of anilines is 1. The topological polar surface area (TPSA) is 132 Å². The largest absolute Gasteiger partial charge is 0.465 e. The predicted molar refractivity (Wildman–Crippen MR) is 204 cm³/mol. The molecular formula is C41H47ClN6O4. The number of carbonyl (C=O) groups excluding carboxylic acids is 2. The highest BCUT2D eigenvalue weighted by Crippen LogP contribution is 2.36. The molecule has 2 unspecified atom stereocenters. The van der Waals surface area contributed by atoms with Crippen LogP contribution in [0.3, 0.4) is 0 Å². The first-order valence-electron chi connectivity index (χ1n) is 17.7. The molecule has 1 aliphatic heterocycles. The Kier molecular flexibility index (Phi) is 11.8. The molecule has 5 rings (SSSR count). The monoisotopic (exact) mass is 722 g/mol. The number of benzene rings is 3. The van der Waals surface area contributed by atoms with Crippen molar-refractivity contribution in [3.63, 3.8) is 0 Å². The molecule has 0 aliphatic carbocycles. The van der Waals surface area contributed by atoms with Gasteiger partial charge in [-0.05, 0) is 85.0 Å². The highest BCUT2D eigenvalue weighted by molar-refractivity contribution is 6.30. The fourth-order valence-electron chi connectivity index (χ4n) is 6.76. The maximum atomic E-state index is 13.6. The number of nitrogens with zero attached hydrogens (tertiary/aromatic N) is 5. The number of fused-ring (bicyclic) bond motifs is 1. The van der Waals surface area contributed by atoms with E-state index < -0.39 is 12.1 Å². The maximum Gasteiger partial charge on any atom is 0.408 e. The van der Waals surface area contributed by atoms with Gasteiger partial charge in [0.1, 0.15) is 11.6 Å². The molecule has 2 heterocycles. The van der Waals surface area contributed by atoms with Crippen LogP contribution in [0, 0.1) is 22.7 Å². The molecule has 2 N–H and O–H groups in total. The number of likely N-dealkylation sites (tertiary alicyclic amines) is 1. The highest BCUT2D eigenvalue weighted by Gasteiger charge is 2.37. The lowest BCUT2D eigenvalue weighted by molar-refractivity contribution is -0.127. The van der Waals surface area contributed by atoms with Crippen molar-refractivity contribution in [3.8, 4) is 6.07 Å². The van der Waals surface area contributed by atoms with E-state index in [0.29, 0.717) is 48.0 Å². The molecule has 3 aromatic carbocycles. The molecule has 1 aromatic heterocycles. The van der Waals surface area contributed by atoms with Gasteiger partial charge in [-0.15, -0.1) is 0 Å². The number of nitriles is 1. The van der Waals surface area contributed by atoms with Crippen LogP contribution in [0.2, 0.25) is 5.02 Å². The van der Waals surface area contributed by atoms with E-state index in [1.165, 1.54) is 4.90 Å². The second-order valence-corrected chi connectivity index (χ2v) is 15.4. The molecular weight excluding hydrogens is 676 g/mol. The molecule has 1 aliphatic rings. The third kappa shape index (κ3) is 8.65. The zero-order valence-electron chi connectivity index (χ0n) is 30.6. The molecule has 11 heteroatoms. The lowest BCUT2D eigenvalue weighted by atomic mass is 9.84. The van der Waals surface area contributed by atoms with Gasteiger partial charge in [-0.2, -0.15) is 5.26 Å². The zero-order chi connectivity index (χ0) is 37.7. The minimum atomic E-state index is -1.01. The molecule has 3 amide bonds. The number of imidazole rings is 1. The van der Waals surface area contributed by atoms with E-state index in [9.17, 15) is 24.8 Å². The maximum absolute atomic E-state index is 13.6. The van der Waals surface area contributed by atoms with Crippen LogP contribution in [-0.2, 0) is 17.8 Å². The molecule has 0 radical (unpaired) electrons. The summed E-state index contributed by atoms with van der Waals surface area (Å²) in [5.74, 6) is -0.349. The van der Waals surface area contributed by atoms with Gasteiger partial charge < -0.3 is 14.6 Å². The van der Waals surface area contributed by atoms with Crippen LogP contribution >= 0.6 is 11.6 Å². The van der Waals surface area contributed by atoms with Gasteiger partial charge in [-0.1, -0.05) is 88.7 Å². The minimum absolute atomic E-state index is 0.0373. The van der Waals surface area contributed by atoms with Crippen LogP contribution in [0.4, 0.5) is 10.7 Å². The molecule has 52 heavy (non-hydrogen) atoms. The van der Waals surface area contributed by atoms with Gasteiger partial charge in [0.05, 0.1) is 23.1 Å². The van der Waals surface area contributed by atoms with Crippen molar-refractivity contribution in [1.82, 2.24) is 19.4 Å². The Hall–Kier alpha value is -5.14. The molecule has 10 nitrogen and oxygen atoms in total. The van der Waals surface area contributed by atoms with E-state index in [0.717, 1.165) is 23.1 Å². The molecule has 0 saturated carbocycles. The van der Waals surface area contributed by atoms with Crippen LogP contribution in [0.5, 0.6) is 0 Å². The average Bonchev–Trinajstić information content (AvgIpc) is 3.70. The van der Waals surface area contributed by atoms with Gasteiger partial charge in [0.2, 0.25) is 5.95 Å². The van der Waals surface area contributed by atoms with E-state index in [-0.39, 0.29) is 40.8 Å². The Labute approximate surface area is 310 Å². The number of amides is 3. The molecule has 0 bridgehead atoms. The third-order valence-electron chi connectivity index (χ3n) is 9.87. The number of aromatic nitrogens is 2. The summed E-state index contributed by atoms with van der Waals surface area (Å²) in [6, 6.07) is 23.1. The first-order chi connectivity index (χ1) is 24.7. The van der Waals surface area contributed by atoms with E-state index in [1.807, 2.05) is 94.6 Å². The summed E-state index contributed by atoms with van der Waals surface area (Å²) in [6.07, 6.45) is 2.61. The Morgan fingerprint density at radius 3 is 2.38 bits per heavy atom. The predicted octanol–water partition coefficient (Wildman–Crippen LogP) is 8.74. The van der Waals surface area contributed by atoms with E-state index in [1.54, 1.807) is 35.2 Å². The molecule has 1 saturated heterocycles. The van der Waals surface area contributed by atoms with Crippen molar-refractivity contribution in [2.45, 2.75) is 85.5 Å². The molecule has 272 valence electrons. The first kappa shape index (κ1) is 38.1. The number of carbonyl (C=O) groups is 3. The smallest absolute Gasteiger partial charge is 0.408 e. The summed E-state index contributed by atoms with van der Waals surface area (Å²) >= 11 is 6.08. The van der Waals surface area contributed by atoms with E-state index in [2.05, 4.69) is 11.4 Å². The standard InChI is InChI=1S/C41H47ClN6O4/c1-26(2)21-31(24-43)38(50)46-20-10-13-33(46)25-47-35-19-16-30(23-34(35)44-39(47)45-37(49)29-14-17-32(42)18-15-29)36(22-28-11-8-7-9-12-28)48(40(51)52)27(3)41(4,5)6/h7-9,11-12,14-19,21,23,26-27,33,36H,10,13,20,22,25H2,1-6H3,(H,51,52)(H,44,45,49)/t27-,33?,36?/m0/s1. The second kappa shape index (κ2) is 16.0. The van der Waals surface area contributed by atoms with Gasteiger partial charge >= 0.3 is 6.09 Å². The van der Waals surface area contributed by atoms with Crippen molar-refractivity contribution in [2.24, 2.45) is 11.3 Å². The van der Waals surface area contributed by atoms with Crippen LogP contribution in [0.1, 0.15) is 81.9 Å². The number of hydrogen-bond acceptors (Lipinski definition) is 5. The first-order valence-corrected chi connectivity index (χ1v) is 18.1. The molecule has 0 spiro atoms. The Balaban J connectivity index is 1.60. The number of hydrogen-bond donors (Lipinski definition) is 2. The number of carboxylic acid groups (broad SMARTS) is 1. The molecule has 4 aromatic rings. The lowest BCUT2D eigenvalue weighted by Gasteiger charge is -2.41. The lowest BCUT2D eigenvalue weighted by Crippen LogP contribution is -2.47. The van der Waals surface area contributed by atoms with Crippen LogP contribution < -0.4 is 5.32 Å². The van der Waals surface area contributed by atoms with E-state index >= 15 is 0 Å². The van der Waals surface area contributed by atoms with Crippen molar-refractivity contribution < 1.29 is 19.5 Å². The molecule has 3 atom stereocenters. The summed E-state index contributed by atoms with van der Waals surface area (Å²) < 4.78 is 1.90. The summed E-state index contributed by atoms with van der Waals surface area (Å²) in [5, 5.41) is 23.9. The van der Waals surface area contributed by atoms with Crippen LogP contribution in [-0.4, -0.2) is 61.0 Å². The normalized spacial score (nSPS) is 16.1. The van der Waals surface area contributed by atoms with Gasteiger partial charge in [0.25, 0.3) is 11.8 Å². The highest BCUT2D eigenvalue weighted by atomic mass is 35.5. The Bertz CT molecular complexity index is 1990. The zero-order valence-corrected chi connectivity index (χ0v) is 31.4. The Morgan fingerprint density at radius 2 is 1.77 bits per heavy atom. The van der Waals surface area contributed by atoms with Gasteiger partial charge in [-0.25, -0.2) is 9.78 Å². The van der Waals surface area contributed by atoms with Gasteiger partial charge in [0, 0.05) is 29.7 Å². The average molecular weight is 723 g/mol. The van der Waals surface area contributed by atoms with Crippen LogP contribution in [0.25, 0.3) is 11.0 Å².